The van der Waals surface area contributed by atoms with Gasteiger partial charge in [-0.2, -0.15) is 9.78 Å². The predicted octanol–water partition coefficient (Wildman–Crippen LogP) is 2.42. The number of carboxylic acids is 1. The molecule has 0 bridgehead atoms. The fourth-order valence-electron chi connectivity index (χ4n) is 2.85. The van der Waals surface area contributed by atoms with Crippen molar-refractivity contribution < 1.29 is 9.90 Å². The number of aromatic nitrogens is 3. The van der Waals surface area contributed by atoms with Crippen molar-refractivity contribution in [2.75, 3.05) is 5.75 Å². The quantitative estimate of drug-likeness (QED) is 0.581. The maximum absolute atomic E-state index is 10.7. The molecule has 8 heteroatoms. The first kappa shape index (κ1) is 17.2. The number of carboxylic acid groups (broad SMARTS) is 1. The number of rotatable bonds is 6. The smallest absolute Gasteiger partial charge is 0.212 e. The number of nitrogens with zero attached hydrogens (tertiary/aromatic N) is 4. The number of thioether (sulfide) groups is 1. The highest BCUT2D eigenvalue weighted by Crippen LogP contribution is 2.33. The molecule has 24 heavy (non-hydrogen) atoms. The van der Waals surface area contributed by atoms with Crippen LogP contribution in [0.3, 0.4) is 0 Å². The first-order chi connectivity index (χ1) is 11.6. The Bertz CT molecular complexity index is 732. The Labute approximate surface area is 149 Å². The molecule has 0 amide bonds. The lowest BCUT2D eigenvalue weighted by Gasteiger charge is -2.20. The van der Waals surface area contributed by atoms with Crippen molar-refractivity contribution in [3.8, 4) is 0 Å². The van der Waals surface area contributed by atoms with E-state index in [0.717, 1.165) is 35.3 Å². The minimum Gasteiger partial charge on any atom is -0.549 e. The number of aliphatic carboxylic acids is 1. The van der Waals surface area contributed by atoms with Gasteiger partial charge in [0, 0.05) is 21.4 Å². The average molecular weight is 363 g/mol. The summed E-state index contributed by atoms with van der Waals surface area (Å²) < 4.78 is 1.71. The second kappa shape index (κ2) is 7.94. The lowest BCUT2D eigenvalue weighted by molar-refractivity contribution is -0.301. The molecule has 0 aromatic carbocycles. The van der Waals surface area contributed by atoms with Gasteiger partial charge in [0.15, 0.2) is 5.82 Å². The summed E-state index contributed by atoms with van der Waals surface area (Å²) >= 11 is 2.76. The number of aryl methyl sites for hydroxylation is 1. The third kappa shape index (κ3) is 4.24. The van der Waals surface area contributed by atoms with Gasteiger partial charge in [-0.25, -0.2) is 0 Å². The molecular weight excluding hydrogens is 344 g/mol. The molecule has 0 radical (unpaired) electrons. The SMILES string of the molecule is Cc1ccc(/C=N\n2c(SCC(=O)[O-])nnc2C2CCCCC2)s1. The van der Waals surface area contributed by atoms with Crippen LogP contribution in [-0.4, -0.2) is 32.8 Å². The fraction of sp³-hybridized carbons (Fsp3) is 0.500. The van der Waals surface area contributed by atoms with Gasteiger partial charge >= 0.3 is 0 Å². The van der Waals surface area contributed by atoms with Crippen LogP contribution in [0.15, 0.2) is 22.4 Å². The number of hydrogen-bond acceptors (Lipinski definition) is 7. The summed E-state index contributed by atoms with van der Waals surface area (Å²) in [5.74, 6) is -0.103. The highest BCUT2D eigenvalue weighted by molar-refractivity contribution is 7.99. The van der Waals surface area contributed by atoms with E-state index in [9.17, 15) is 9.90 Å². The third-order valence-electron chi connectivity index (χ3n) is 3.99. The van der Waals surface area contributed by atoms with Crippen LogP contribution in [0.5, 0.6) is 0 Å². The van der Waals surface area contributed by atoms with Crippen LogP contribution in [0.4, 0.5) is 0 Å². The molecule has 1 aliphatic rings. The molecular formula is C16H19N4O2S2-. The summed E-state index contributed by atoms with van der Waals surface area (Å²) in [7, 11) is 0. The van der Waals surface area contributed by atoms with Crippen LogP contribution < -0.4 is 5.11 Å². The fourth-order valence-corrected chi connectivity index (χ4v) is 4.20. The van der Waals surface area contributed by atoms with Gasteiger partial charge in [-0.1, -0.05) is 31.0 Å². The Balaban J connectivity index is 1.87. The van der Waals surface area contributed by atoms with Crippen LogP contribution >= 0.6 is 23.1 Å². The molecule has 128 valence electrons. The second-order valence-corrected chi connectivity index (χ2v) is 8.10. The Kier molecular flexibility index (Phi) is 5.68. The maximum atomic E-state index is 10.7. The van der Waals surface area contributed by atoms with E-state index in [1.54, 1.807) is 22.2 Å². The first-order valence-corrected chi connectivity index (χ1v) is 9.82. The lowest BCUT2D eigenvalue weighted by Crippen LogP contribution is -2.24. The van der Waals surface area contributed by atoms with E-state index in [2.05, 4.69) is 22.2 Å². The summed E-state index contributed by atoms with van der Waals surface area (Å²) in [6.07, 6.45) is 7.58. The van der Waals surface area contributed by atoms with Crippen molar-refractivity contribution in [3.63, 3.8) is 0 Å². The lowest BCUT2D eigenvalue weighted by atomic mass is 9.89. The van der Waals surface area contributed by atoms with Gasteiger partial charge in [0.05, 0.1) is 12.2 Å². The third-order valence-corrected chi connectivity index (χ3v) is 5.82. The first-order valence-electron chi connectivity index (χ1n) is 8.02. The Morgan fingerprint density at radius 2 is 2.21 bits per heavy atom. The van der Waals surface area contributed by atoms with Crippen LogP contribution in [-0.2, 0) is 4.79 Å². The Morgan fingerprint density at radius 1 is 1.42 bits per heavy atom. The highest BCUT2D eigenvalue weighted by atomic mass is 32.2. The Hall–Kier alpha value is -1.67. The predicted molar refractivity (Wildman–Crippen MR) is 93.6 cm³/mol. The molecule has 2 aromatic rings. The minimum atomic E-state index is -1.12. The van der Waals surface area contributed by atoms with Gasteiger partial charge in [0.25, 0.3) is 0 Å². The topological polar surface area (TPSA) is 83.2 Å². The zero-order valence-corrected chi connectivity index (χ0v) is 15.1. The van der Waals surface area contributed by atoms with E-state index in [0.29, 0.717) is 11.1 Å². The van der Waals surface area contributed by atoms with Gasteiger partial charge < -0.3 is 9.90 Å². The standard InChI is InChI=1S/C16H20N4O2S2/c1-11-7-8-13(24-11)9-17-20-15(12-5-3-2-4-6-12)18-19-16(20)23-10-14(21)22/h7-9,12H,2-6,10H2,1H3,(H,21,22)/p-1/b17-9-. The molecule has 0 saturated heterocycles. The van der Waals surface area contributed by atoms with Crippen LogP contribution in [0.1, 0.15) is 53.6 Å². The van der Waals surface area contributed by atoms with E-state index in [-0.39, 0.29) is 5.75 Å². The molecule has 0 aliphatic heterocycles. The van der Waals surface area contributed by atoms with E-state index in [4.69, 9.17) is 0 Å². The maximum Gasteiger partial charge on any atom is 0.212 e. The summed E-state index contributed by atoms with van der Waals surface area (Å²) in [5.41, 5.74) is 0. The van der Waals surface area contributed by atoms with Gasteiger partial charge in [-0.15, -0.1) is 21.5 Å². The van der Waals surface area contributed by atoms with Gasteiger partial charge in [-0.05, 0) is 31.9 Å². The van der Waals surface area contributed by atoms with Crippen LogP contribution in [0.2, 0.25) is 0 Å². The zero-order valence-electron chi connectivity index (χ0n) is 13.5. The average Bonchev–Trinajstić information content (AvgIpc) is 3.17. The normalized spacial score (nSPS) is 16.0. The van der Waals surface area contributed by atoms with E-state index < -0.39 is 5.97 Å². The molecule has 1 aliphatic carbocycles. The number of thiophene rings is 1. The van der Waals surface area contributed by atoms with Crippen molar-refractivity contribution in [2.24, 2.45) is 5.10 Å². The number of hydrogen-bond donors (Lipinski definition) is 0. The number of carbonyl (C=O) groups excluding carboxylic acids is 1. The molecule has 0 N–H and O–H groups in total. The molecule has 6 nitrogen and oxygen atoms in total. The van der Waals surface area contributed by atoms with Crippen molar-refractivity contribution in [3.05, 3.63) is 27.7 Å². The number of carbonyl (C=O) groups is 1. The van der Waals surface area contributed by atoms with Crippen molar-refractivity contribution in [1.82, 2.24) is 14.9 Å². The summed E-state index contributed by atoms with van der Waals surface area (Å²) in [6, 6.07) is 4.06. The summed E-state index contributed by atoms with van der Waals surface area (Å²) in [5, 5.41) is 24.3. The van der Waals surface area contributed by atoms with Gasteiger partial charge in [0.1, 0.15) is 0 Å². The Morgan fingerprint density at radius 3 is 2.88 bits per heavy atom. The van der Waals surface area contributed by atoms with E-state index in [1.807, 2.05) is 12.1 Å². The zero-order chi connectivity index (χ0) is 16.9. The molecule has 1 saturated carbocycles. The van der Waals surface area contributed by atoms with Crippen LogP contribution in [0, 0.1) is 6.92 Å². The van der Waals surface area contributed by atoms with Crippen LogP contribution in [0.25, 0.3) is 0 Å². The van der Waals surface area contributed by atoms with E-state index in [1.165, 1.54) is 24.1 Å². The largest absolute Gasteiger partial charge is 0.549 e. The summed E-state index contributed by atoms with van der Waals surface area (Å²) in [6.45, 7) is 2.05. The van der Waals surface area contributed by atoms with Crippen molar-refractivity contribution in [1.29, 1.82) is 0 Å². The van der Waals surface area contributed by atoms with Crippen molar-refractivity contribution in [2.45, 2.75) is 50.1 Å². The highest BCUT2D eigenvalue weighted by Gasteiger charge is 2.23. The summed E-state index contributed by atoms with van der Waals surface area (Å²) in [4.78, 5) is 13.0. The molecule has 0 atom stereocenters. The molecule has 2 heterocycles. The molecule has 3 rings (SSSR count). The molecule has 0 unspecified atom stereocenters. The monoisotopic (exact) mass is 363 g/mol. The molecule has 2 aromatic heterocycles. The van der Waals surface area contributed by atoms with Gasteiger partial charge in [-0.3, -0.25) is 0 Å². The van der Waals surface area contributed by atoms with Crippen molar-refractivity contribution >= 4 is 35.3 Å². The van der Waals surface area contributed by atoms with E-state index >= 15 is 0 Å². The second-order valence-electron chi connectivity index (χ2n) is 5.84. The van der Waals surface area contributed by atoms with Gasteiger partial charge in [0.2, 0.25) is 5.16 Å². The molecule has 1 fully saturated rings. The minimum absolute atomic E-state index is 0.156. The molecule has 0 spiro atoms.